The zero-order valence-corrected chi connectivity index (χ0v) is 13.9. The minimum absolute atomic E-state index is 0.292. The standard InChI is InChI=1S/C13H11BrCl2N2O2/c1-19-8-4-3-7(5-9(8)20-2)6-10-17-12(15)11(14)13(16)18-10/h3-5H,6H2,1-2H3. The number of nitrogens with zero attached hydrogens (tertiary/aromatic N) is 2. The second kappa shape index (κ2) is 6.61. The number of ether oxygens (including phenoxy) is 2. The van der Waals surface area contributed by atoms with Crippen LogP contribution in [0, 0.1) is 0 Å². The van der Waals surface area contributed by atoms with Crippen LogP contribution >= 0.6 is 39.1 Å². The second-order valence-corrected chi connectivity index (χ2v) is 5.41. The van der Waals surface area contributed by atoms with Gasteiger partial charge < -0.3 is 9.47 Å². The van der Waals surface area contributed by atoms with Crippen molar-refractivity contribution in [2.75, 3.05) is 14.2 Å². The number of benzene rings is 1. The van der Waals surface area contributed by atoms with Crippen molar-refractivity contribution in [3.05, 3.63) is 44.4 Å². The summed E-state index contributed by atoms with van der Waals surface area (Å²) in [6, 6.07) is 5.61. The third-order valence-electron chi connectivity index (χ3n) is 2.63. The van der Waals surface area contributed by atoms with Crippen LogP contribution in [0.25, 0.3) is 0 Å². The molecule has 20 heavy (non-hydrogen) atoms. The topological polar surface area (TPSA) is 44.2 Å². The highest BCUT2D eigenvalue weighted by atomic mass is 79.9. The molecule has 2 rings (SSSR count). The lowest BCUT2D eigenvalue weighted by Gasteiger charge is -2.09. The van der Waals surface area contributed by atoms with Gasteiger partial charge in [0.2, 0.25) is 0 Å². The molecule has 0 bridgehead atoms. The van der Waals surface area contributed by atoms with Gasteiger partial charge in [0.05, 0.1) is 18.7 Å². The number of methoxy groups -OCH3 is 2. The van der Waals surface area contributed by atoms with E-state index in [1.807, 2.05) is 18.2 Å². The van der Waals surface area contributed by atoms with Gasteiger partial charge in [-0.2, -0.15) is 0 Å². The van der Waals surface area contributed by atoms with Crippen LogP contribution in [0.2, 0.25) is 10.3 Å². The molecule has 0 spiro atoms. The van der Waals surface area contributed by atoms with Gasteiger partial charge >= 0.3 is 0 Å². The Labute approximate surface area is 135 Å². The SMILES string of the molecule is COc1ccc(Cc2nc(Cl)c(Br)c(Cl)n2)cc1OC. The molecule has 0 amide bonds. The maximum atomic E-state index is 5.96. The van der Waals surface area contributed by atoms with Crippen LogP contribution in [0.3, 0.4) is 0 Å². The molecule has 0 saturated heterocycles. The van der Waals surface area contributed by atoms with Gasteiger partial charge in [0, 0.05) is 6.42 Å². The molecule has 1 aromatic carbocycles. The Kier molecular flexibility index (Phi) is 5.07. The van der Waals surface area contributed by atoms with Gasteiger partial charge in [-0.05, 0) is 33.6 Å². The van der Waals surface area contributed by atoms with Crippen molar-refractivity contribution >= 4 is 39.1 Å². The lowest BCUT2D eigenvalue weighted by atomic mass is 10.1. The number of aromatic nitrogens is 2. The second-order valence-electron chi connectivity index (χ2n) is 3.90. The van der Waals surface area contributed by atoms with Gasteiger partial charge in [0.1, 0.15) is 16.1 Å². The molecular formula is C13H11BrCl2N2O2. The van der Waals surface area contributed by atoms with Crippen LogP contribution in [-0.4, -0.2) is 24.2 Å². The van der Waals surface area contributed by atoms with Crippen molar-refractivity contribution < 1.29 is 9.47 Å². The molecule has 0 saturated carbocycles. The molecule has 0 unspecified atom stereocenters. The van der Waals surface area contributed by atoms with Crippen molar-refractivity contribution in [3.8, 4) is 11.5 Å². The van der Waals surface area contributed by atoms with Crippen LogP contribution in [-0.2, 0) is 6.42 Å². The summed E-state index contributed by atoms with van der Waals surface area (Å²) < 4.78 is 10.9. The molecule has 0 aliphatic carbocycles. The molecule has 0 radical (unpaired) electrons. The lowest BCUT2D eigenvalue weighted by molar-refractivity contribution is 0.354. The van der Waals surface area contributed by atoms with E-state index in [9.17, 15) is 0 Å². The van der Waals surface area contributed by atoms with Gasteiger partial charge in [-0.1, -0.05) is 29.3 Å². The fraction of sp³-hybridized carbons (Fsp3) is 0.231. The Bertz CT molecular complexity index is 615. The first-order valence-corrected chi connectivity index (χ1v) is 7.18. The van der Waals surface area contributed by atoms with E-state index in [2.05, 4.69) is 25.9 Å². The van der Waals surface area contributed by atoms with E-state index in [1.54, 1.807) is 14.2 Å². The summed E-state index contributed by atoms with van der Waals surface area (Å²) in [6.07, 6.45) is 0.493. The molecule has 0 aliphatic heterocycles. The van der Waals surface area contributed by atoms with E-state index < -0.39 is 0 Å². The molecule has 4 nitrogen and oxygen atoms in total. The van der Waals surface area contributed by atoms with Crippen LogP contribution in [0.1, 0.15) is 11.4 Å². The third kappa shape index (κ3) is 3.34. The Morgan fingerprint density at radius 2 is 1.65 bits per heavy atom. The first-order chi connectivity index (χ1) is 9.55. The van der Waals surface area contributed by atoms with E-state index in [0.29, 0.717) is 38.5 Å². The quantitative estimate of drug-likeness (QED) is 0.750. The molecule has 1 aromatic heterocycles. The van der Waals surface area contributed by atoms with E-state index in [-0.39, 0.29) is 0 Å². The first kappa shape index (κ1) is 15.4. The van der Waals surface area contributed by atoms with Crippen LogP contribution in [0.4, 0.5) is 0 Å². The molecule has 0 fully saturated rings. The van der Waals surface area contributed by atoms with Crippen LogP contribution in [0.15, 0.2) is 22.7 Å². The van der Waals surface area contributed by atoms with Gasteiger partial charge in [-0.3, -0.25) is 0 Å². The van der Waals surface area contributed by atoms with E-state index in [4.69, 9.17) is 32.7 Å². The number of halogens is 3. The van der Waals surface area contributed by atoms with Crippen molar-refractivity contribution in [1.29, 1.82) is 0 Å². The largest absolute Gasteiger partial charge is 0.493 e. The van der Waals surface area contributed by atoms with Crippen LogP contribution in [0.5, 0.6) is 11.5 Å². The molecular weight excluding hydrogens is 367 g/mol. The summed E-state index contributed by atoms with van der Waals surface area (Å²) in [6.45, 7) is 0. The lowest BCUT2D eigenvalue weighted by Crippen LogP contribution is -1.99. The normalized spacial score (nSPS) is 10.4. The highest BCUT2D eigenvalue weighted by Crippen LogP contribution is 2.30. The molecule has 106 valence electrons. The fourth-order valence-electron chi connectivity index (χ4n) is 1.69. The van der Waals surface area contributed by atoms with Gasteiger partial charge in [-0.25, -0.2) is 9.97 Å². The maximum absolute atomic E-state index is 5.96. The summed E-state index contributed by atoms with van der Waals surface area (Å²) in [5, 5.41) is 0.584. The summed E-state index contributed by atoms with van der Waals surface area (Å²) in [7, 11) is 3.18. The minimum Gasteiger partial charge on any atom is -0.493 e. The third-order valence-corrected chi connectivity index (χ3v) is 4.38. The molecule has 2 aromatic rings. The predicted molar refractivity (Wildman–Crippen MR) is 82.1 cm³/mol. The number of rotatable bonds is 4. The first-order valence-electron chi connectivity index (χ1n) is 5.63. The molecule has 1 heterocycles. The van der Waals surface area contributed by atoms with E-state index in [1.165, 1.54) is 0 Å². The summed E-state index contributed by atoms with van der Waals surface area (Å²) in [5.74, 6) is 1.86. The Balaban J connectivity index is 2.30. The number of hydrogen-bond acceptors (Lipinski definition) is 4. The molecule has 0 N–H and O–H groups in total. The fourth-order valence-corrected chi connectivity index (χ4v) is 2.29. The van der Waals surface area contributed by atoms with Crippen LogP contribution < -0.4 is 9.47 Å². The minimum atomic E-state index is 0.292. The Hall–Kier alpha value is -1.04. The van der Waals surface area contributed by atoms with Crippen molar-refractivity contribution in [1.82, 2.24) is 9.97 Å². The van der Waals surface area contributed by atoms with E-state index >= 15 is 0 Å². The van der Waals surface area contributed by atoms with Crippen molar-refractivity contribution in [2.45, 2.75) is 6.42 Å². The zero-order valence-electron chi connectivity index (χ0n) is 10.8. The molecule has 7 heteroatoms. The van der Waals surface area contributed by atoms with Gasteiger partial charge in [0.15, 0.2) is 11.5 Å². The number of hydrogen-bond donors (Lipinski definition) is 0. The van der Waals surface area contributed by atoms with Crippen molar-refractivity contribution in [2.24, 2.45) is 0 Å². The summed E-state index contributed by atoms with van der Waals surface area (Å²) in [4.78, 5) is 8.36. The molecule has 0 atom stereocenters. The van der Waals surface area contributed by atoms with E-state index in [0.717, 1.165) is 5.56 Å². The summed E-state index contributed by atoms with van der Waals surface area (Å²) in [5.41, 5.74) is 0.970. The Morgan fingerprint density at radius 3 is 2.20 bits per heavy atom. The zero-order chi connectivity index (χ0) is 14.7. The highest BCUT2D eigenvalue weighted by Gasteiger charge is 2.11. The predicted octanol–water partition coefficient (Wildman–Crippen LogP) is 4.15. The monoisotopic (exact) mass is 376 g/mol. The van der Waals surface area contributed by atoms with Crippen molar-refractivity contribution in [3.63, 3.8) is 0 Å². The smallest absolute Gasteiger partial charge is 0.161 e. The summed E-state index contributed by atoms with van der Waals surface area (Å²) >= 11 is 15.1. The highest BCUT2D eigenvalue weighted by molar-refractivity contribution is 9.10. The molecule has 0 aliphatic rings. The Morgan fingerprint density at radius 1 is 1.05 bits per heavy atom. The maximum Gasteiger partial charge on any atom is 0.161 e. The van der Waals surface area contributed by atoms with Gasteiger partial charge in [0.25, 0.3) is 0 Å². The van der Waals surface area contributed by atoms with Gasteiger partial charge in [-0.15, -0.1) is 0 Å². The average Bonchev–Trinajstić information content (AvgIpc) is 2.44. The average molecular weight is 378 g/mol.